The van der Waals surface area contributed by atoms with Gasteiger partial charge >= 0.3 is 0 Å². The molecule has 4 aromatic rings. The van der Waals surface area contributed by atoms with Crippen LogP contribution in [0.15, 0.2) is 59.6 Å². The lowest BCUT2D eigenvalue weighted by molar-refractivity contribution is -0.122. The van der Waals surface area contributed by atoms with Crippen molar-refractivity contribution in [2.75, 3.05) is 19.6 Å². The molecule has 4 bridgehead atoms. The van der Waals surface area contributed by atoms with Gasteiger partial charge in [0, 0.05) is 43.0 Å². The number of nitrogens with one attached hydrogen (secondary N) is 3. The summed E-state index contributed by atoms with van der Waals surface area (Å²) in [6, 6.07) is 10.2. The third kappa shape index (κ3) is 9.44. The van der Waals surface area contributed by atoms with Crippen LogP contribution in [0.2, 0.25) is 0 Å². The molecule has 14 heteroatoms. The Balaban J connectivity index is 1.41. The Kier molecular flexibility index (Phi) is 11.9. The number of carbonyl (C=O) groups is 4. The first-order chi connectivity index (χ1) is 23.2. The topological polar surface area (TPSA) is 167 Å². The number of hydrogen-bond acceptors (Lipinski definition) is 10. The first-order valence-corrected chi connectivity index (χ1v) is 17.7. The van der Waals surface area contributed by atoms with E-state index >= 15 is 0 Å². The third-order valence-corrected chi connectivity index (χ3v) is 9.63. The second-order valence-corrected chi connectivity index (χ2v) is 13.8. The Hall–Kier alpha value is -4.69. The number of aromatic nitrogens is 3. The van der Waals surface area contributed by atoms with Gasteiger partial charge in [-0.3, -0.25) is 24.2 Å². The van der Waals surface area contributed by atoms with Crippen molar-refractivity contribution < 1.29 is 24.3 Å². The van der Waals surface area contributed by atoms with Gasteiger partial charge in [0.1, 0.15) is 27.2 Å². The summed E-state index contributed by atoms with van der Waals surface area (Å²) in [5.41, 5.74) is 1.71. The van der Waals surface area contributed by atoms with Gasteiger partial charge in [0.2, 0.25) is 5.91 Å². The Morgan fingerprint density at radius 1 is 0.938 bits per heavy atom. The molecule has 0 fully saturated rings. The molecule has 4 N–H and O–H groups in total. The molecule has 3 aromatic heterocycles. The Bertz CT molecular complexity index is 1730. The fourth-order valence-corrected chi connectivity index (χ4v) is 7.09. The fraction of sp³-hybridized carbons (Fsp3) is 0.382. The van der Waals surface area contributed by atoms with E-state index < -0.39 is 6.04 Å². The maximum Gasteiger partial charge on any atom is 0.271 e. The van der Waals surface area contributed by atoms with Crippen LogP contribution in [-0.2, 0) is 11.2 Å². The largest absolute Gasteiger partial charge is 0.506 e. The summed E-state index contributed by atoms with van der Waals surface area (Å²) in [7, 11) is 0. The highest BCUT2D eigenvalue weighted by Crippen LogP contribution is 2.27. The molecule has 12 nitrogen and oxygen atoms in total. The number of pyridine rings is 1. The first kappa shape index (κ1) is 34.6. The average Bonchev–Trinajstić information content (AvgIpc) is 3.76. The lowest BCUT2D eigenvalue weighted by Gasteiger charge is -2.23. The second-order valence-electron chi connectivity index (χ2n) is 12.0. The van der Waals surface area contributed by atoms with Gasteiger partial charge in [-0.1, -0.05) is 44.2 Å². The molecule has 5 rings (SSSR count). The Morgan fingerprint density at radius 2 is 1.62 bits per heavy atom. The van der Waals surface area contributed by atoms with Crippen molar-refractivity contribution in [3.63, 3.8) is 0 Å². The van der Waals surface area contributed by atoms with Crippen LogP contribution in [0.3, 0.4) is 0 Å². The quantitative estimate of drug-likeness (QED) is 0.235. The molecule has 0 aliphatic carbocycles. The van der Waals surface area contributed by atoms with Crippen LogP contribution in [0.4, 0.5) is 0 Å². The van der Waals surface area contributed by atoms with Crippen molar-refractivity contribution in [3.8, 4) is 5.75 Å². The van der Waals surface area contributed by atoms with E-state index in [0.717, 1.165) is 5.56 Å². The average molecular weight is 690 g/mol. The van der Waals surface area contributed by atoms with Gasteiger partial charge in [-0.15, -0.1) is 22.7 Å². The second kappa shape index (κ2) is 16.4. The molecule has 0 spiro atoms. The van der Waals surface area contributed by atoms with Crippen molar-refractivity contribution in [2.45, 2.75) is 58.0 Å². The van der Waals surface area contributed by atoms with Gasteiger partial charge in [0.05, 0.1) is 23.8 Å². The lowest BCUT2D eigenvalue weighted by Crippen LogP contribution is -2.36. The number of hydrogen-bond donors (Lipinski definition) is 4. The first-order valence-electron chi connectivity index (χ1n) is 15.9. The van der Waals surface area contributed by atoms with Crippen molar-refractivity contribution in [1.82, 2.24) is 35.8 Å². The zero-order chi connectivity index (χ0) is 34.0. The van der Waals surface area contributed by atoms with Crippen LogP contribution < -0.4 is 16.0 Å². The highest BCUT2D eigenvalue weighted by atomic mass is 32.1. The zero-order valence-corrected chi connectivity index (χ0v) is 28.5. The van der Waals surface area contributed by atoms with E-state index in [1.54, 1.807) is 15.7 Å². The van der Waals surface area contributed by atoms with E-state index in [0.29, 0.717) is 42.2 Å². The summed E-state index contributed by atoms with van der Waals surface area (Å²) in [6.07, 6.45) is 4.74. The van der Waals surface area contributed by atoms with Crippen LogP contribution in [0.1, 0.15) is 98.5 Å². The molecular formula is C34H39N7O5S2. The molecule has 0 saturated heterocycles. The van der Waals surface area contributed by atoms with E-state index in [1.807, 2.05) is 30.3 Å². The van der Waals surface area contributed by atoms with Gasteiger partial charge in [-0.2, -0.15) is 0 Å². The summed E-state index contributed by atoms with van der Waals surface area (Å²) in [5, 5.41) is 23.5. The molecule has 252 valence electrons. The highest BCUT2D eigenvalue weighted by molar-refractivity contribution is 7.10. The van der Waals surface area contributed by atoms with Crippen LogP contribution in [0, 0.1) is 5.92 Å². The summed E-state index contributed by atoms with van der Waals surface area (Å²) in [4.78, 5) is 67.9. The van der Waals surface area contributed by atoms with E-state index in [9.17, 15) is 24.3 Å². The molecule has 0 unspecified atom stereocenters. The summed E-state index contributed by atoms with van der Waals surface area (Å²) < 4.78 is 0. The van der Waals surface area contributed by atoms with Crippen molar-refractivity contribution >= 4 is 46.3 Å². The number of carbonyl (C=O) groups excluding carboxylic acids is 4. The van der Waals surface area contributed by atoms with Crippen LogP contribution in [-0.4, -0.2) is 68.2 Å². The molecule has 1 aliphatic rings. The predicted molar refractivity (Wildman–Crippen MR) is 183 cm³/mol. The minimum Gasteiger partial charge on any atom is -0.506 e. The molecular weight excluding hydrogens is 651 g/mol. The standard InChI is InChI=1S/C34H39N7O5S2/c1-21(2)14-25-32-40-28(20-48-32)31(45)38-26(15-22-8-4-3-5-9-22)33-39-27(19-47-33)30(44)36-11-7-13-41(12-6-10-29(43)37-25)34(46)23-16-24(42)18-35-17-23/h3-5,8-9,16-21,25-26,42H,6-7,10-15H2,1-2H3,(H,36,44)(H,37,43)(H,38,45)/t25-,26-/m0/s1. The van der Waals surface area contributed by atoms with Crippen LogP contribution in [0.25, 0.3) is 0 Å². The maximum absolute atomic E-state index is 13.5. The number of amides is 4. The molecule has 4 amide bonds. The maximum atomic E-state index is 13.5. The normalized spacial score (nSPS) is 18.4. The number of benzene rings is 1. The molecule has 0 saturated carbocycles. The molecule has 48 heavy (non-hydrogen) atoms. The van der Waals surface area contributed by atoms with Crippen molar-refractivity contribution in [2.24, 2.45) is 5.92 Å². The van der Waals surface area contributed by atoms with E-state index in [-0.39, 0.29) is 77.8 Å². The van der Waals surface area contributed by atoms with E-state index in [4.69, 9.17) is 0 Å². The zero-order valence-electron chi connectivity index (χ0n) is 26.8. The summed E-state index contributed by atoms with van der Waals surface area (Å²) >= 11 is 2.61. The summed E-state index contributed by atoms with van der Waals surface area (Å²) in [5.74, 6) is -1.12. The Morgan fingerprint density at radius 3 is 2.33 bits per heavy atom. The minimum atomic E-state index is -0.511. The van der Waals surface area contributed by atoms with Gasteiger partial charge in [0.25, 0.3) is 17.7 Å². The number of aromatic hydroxyl groups is 1. The minimum absolute atomic E-state index is 0.122. The van der Waals surface area contributed by atoms with Gasteiger partial charge in [-0.25, -0.2) is 9.97 Å². The van der Waals surface area contributed by atoms with Crippen LogP contribution >= 0.6 is 22.7 Å². The van der Waals surface area contributed by atoms with Crippen molar-refractivity contribution in [3.05, 3.63) is 92.1 Å². The van der Waals surface area contributed by atoms with Gasteiger partial charge in [-0.05, 0) is 43.2 Å². The number of rotatable bonds is 5. The molecule has 1 aromatic carbocycles. The fourth-order valence-electron chi connectivity index (χ4n) is 5.38. The molecule has 1 aliphatic heterocycles. The van der Waals surface area contributed by atoms with E-state index in [2.05, 4.69) is 44.7 Å². The summed E-state index contributed by atoms with van der Waals surface area (Å²) in [6.45, 7) is 4.99. The Labute approximate surface area is 287 Å². The molecule has 4 heterocycles. The highest BCUT2D eigenvalue weighted by Gasteiger charge is 2.26. The molecule has 2 atom stereocenters. The monoisotopic (exact) mass is 689 g/mol. The van der Waals surface area contributed by atoms with Crippen molar-refractivity contribution in [1.29, 1.82) is 0 Å². The molecule has 0 radical (unpaired) electrons. The smallest absolute Gasteiger partial charge is 0.271 e. The van der Waals surface area contributed by atoms with Gasteiger partial charge < -0.3 is 26.0 Å². The number of fused-ring (bicyclic) bond motifs is 4. The SMILES string of the molecule is CC(C)C[C@@H]1NC(=O)CCCN(C(=O)c2cncc(O)c2)CCCNC(=O)c2csc(n2)[C@H](Cc2ccccc2)NC(=O)c2csc1n2. The van der Waals surface area contributed by atoms with E-state index in [1.165, 1.54) is 41.1 Å². The predicted octanol–water partition coefficient (Wildman–Crippen LogP) is 4.67. The third-order valence-electron chi connectivity index (χ3n) is 7.72. The number of thiazole rings is 2. The van der Waals surface area contributed by atoms with Crippen LogP contribution in [0.5, 0.6) is 5.75 Å². The van der Waals surface area contributed by atoms with Gasteiger partial charge in [0.15, 0.2) is 0 Å². The lowest BCUT2D eigenvalue weighted by atomic mass is 10.0. The number of nitrogens with zero attached hydrogens (tertiary/aromatic N) is 4.